The molecule has 0 aromatic carbocycles. The molecule has 14 heavy (non-hydrogen) atoms. The average Bonchev–Trinajstić information content (AvgIpc) is 2.20. The van der Waals surface area contributed by atoms with Crippen molar-refractivity contribution in [1.29, 1.82) is 0 Å². The van der Waals surface area contributed by atoms with E-state index in [1.807, 2.05) is 0 Å². The zero-order valence-electron chi connectivity index (χ0n) is 9.26. The minimum Gasteiger partial charge on any atom is -0.392 e. The van der Waals surface area contributed by atoms with Crippen LogP contribution < -0.4 is 0 Å². The van der Waals surface area contributed by atoms with Gasteiger partial charge in [-0.2, -0.15) is 0 Å². The normalized spacial score (nSPS) is 26.7. The largest absolute Gasteiger partial charge is 0.392 e. The first-order valence-corrected chi connectivity index (χ1v) is 6.01. The summed E-state index contributed by atoms with van der Waals surface area (Å²) < 4.78 is 0. The minimum absolute atomic E-state index is 0.151. The summed E-state index contributed by atoms with van der Waals surface area (Å²) in [6, 6.07) is 0. The number of hydrogen-bond acceptors (Lipinski definition) is 1. The van der Waals surface area contributed by atoms with E-state index < -0.39 is 0 Å². The monoisotopic (exact) mass is 194 g/mol. The van der Waals surface area contributed by atoms with Gasteiger partial charge in [-0.05, 0) is 19.3 Å². The van der Waals surface area contributed by atoms with Crippen molar-refractivity contribution in [2.75, 3.05) is 0 Å². The van der Waals surface area contributed by atoms with Crippen LogP contribution in [0.15, 0.2) is 0 Å². The van der Waals surface area contributed by atoms with Crippen LogP contribution in [0, 0.1) is 17.8 Å². The molecule has 1 fully saturated rings. The molecule has 0 aromatic heterocycles. The Morgan fingerprint density at radius 1 is 1.21 bits per heavy atom. The molecule has 1 rings (SSSR count). The topological polar surface area (TPSA) is 20.2 Å². The van der Waals surface area contributed by atoms with Gasteiger partial charge in [0, 0.05) is 12.3 Å². The van der Waals surface area contributed by atoms with E-state index in [4.69, 9.17) is 0 Å². The fourth-order valence-corrected chi connectivity index (χ4v) is 1.95. The summed E-state index contributed by atoms with van der Waals surface area (Å²) in [7, 11) is 0. The lowest BCUT2D eigenvalue weighted by Crippen LogP contribution is -2.22. The second kappa shape index (κ2) is 6.90. The van der Waals surface area contributed by atoms with Crippen LogP contribution in [0.5, 0.6) is 0 Å². The van der Waals surface area contributed by atoms with E-state index in [1.54, 1.807) is 0 Å². The molecule has 0 aromatic rings. The van der Waals surface area contributed by atoms with Gasteiger partial charge in [0.15, 0.2) is 0 Å². The summed E-state index contributed by atoms with van der Waals surface area (Å²) in [6.45, 7) is 2.21. The lowest BCUT2D eigenvalue weighted by molar-refractivity contribution is 0.0969. The Balaban J connectivity index is 2.19. The number of aliphatic hydroxyl groups is 1. The highest BCUT2D eigenvalue weighted by molar-refractivity contribution is 5.06. The van der Waals surface area contributed by atoms with E-state index in [9.17, 15) is 5.11 Å². The summed E-state index contributed by atoms with van der Waals surface area (Å²) in [4.78, 5) is 0. The molecule has 2 atom stereocenters. The first kappa shape index (κ1) is 11.6. The van der Waals surface area contributed by atoms with Crippen molar-refractivity contribution >= 4 is 0 Å². The summed E-state index contributed by atoms with van der Waals surface area (Å²) in [5, 5.41) is 9.67. The van der Waals surface area contributed by atoms with E-state index in [2.05, 4.69) is 18.8 Å². The maximum absolute atomic E-state index is 9.67. The van der Waals surface area contributed by atoms with Crippen molar-refractivity contribution in [3.8, 4) is 11.8 Å². The minimum atomic E-state index is -0.151. The molecule has 1 aliphatic rings. The van der Waals surface area contributed by atoms with Crippen molar-refractivity contribution < 1.29 is 5.11 Å². The van der Waals surface area contributed by atoms with Gasteiger partial charge in [0.05, 0.1) is 6.10 Å². The number of unbranched alkanes of at least 4 members (excludes halogenated alkanes) is 3. The molecule has 0 radical (unpaired) electrons. The SMILES string of the molecule is CCCCCC#C[C@@H]1CCCC[C@H]1O. The van der Waals surface area contributed by atoms with Crippen molar-refractivity contribution in [2.45, 2.75) is 64.4 Å². The Morgan fingerprint density at radius 3 is 2.71 bits per heavy atom. The molecule has 0 spiro atoms. The quantitative estimate of drug-likeness (QED) is 0.540. The van der Waals surface area contributed by atoms with Gasteiger partial charge in [0.25, 0.3) is 0 Å². The first-order chi connectivity index (χ1) is 6.84. The van der Waals surface area contributed by atoms with E-state index in [-0.39, 0.29) is 12.0 Å². The van der Waals surface area contributed by atoms with Crippen LogP contribution in [0.1, 0.15) is 58.3 Å². The predicted octanol–water partition coefficient (Wildman–Crippen LogP) is 3.12. The summed E-state index contributed by atoms with van der Waals surface area (Å²) in [5.41, 5.74) is 0. The number of hydrogen-bond donors (Lipinski definition) is 1. The smallest absolute Gasteiger partial charge is 0.0677 e. The fraction of sp³-hybridized carbons (Fsp3) is 0.846. The Kier molecular flexibility index (Phi) is 5.71. The molecule has 0 unspecified atom stereocenters. The highest BCUT2D eigenvalue weighted by Crippen LogP contribution is 2.23. The number of aliphatic hydroxyl groups excluding tert-OH is 1. The zero-order chi connectivity index (χ0) is 10.2. The second-order valence-electron chi connectivity index (χ2n) is 4.24. The maximum atomic E-state index is 9.67. The molecule has 1 saturated carbocycles. The lowest BCUT2D eigenvalue weighted by atomic mass is 9.87. The van der Waals surface area contributed by atoms with Gasteiger partial charge in [-0.1, -0.05) is 38.5 Å². The third-order valence-corrected chi connectivity index (χ3v) is 2.92. The van der Waals surface area contributed by atoms with Crippen LogP contribution in [0.4, 0.5) is 0 Å². The standard InChI is InChI=1S/C13H22O/c1-2-3-4-5-6-9-12-10-7-8-11-13(12)14/h12-14H,2-5,7-8,10-11H2,1H3/t12-,13-/m1/s1. The molecule has 0 heterocycles. The second-order valence-corrected chi connectivity index (χ2v) is 4.24. The first-order valence-electron chi connectivity index (χ1n) is 6.01. The van der Waals surface area contributed by atoms with Crippen molar-refractivity contribution in [3.63, 3.8) is 0 Å². The molecular formula is C13H22O. The third-order valence-electron chi connectivity index (χ3n) is 2.92. The summed E-state index contributed by atoms with van der Waals surface area (Å²) in [5.74, 6) is 6.71. The van der Waals surface area contributed by atoms with Gasteiger partial charge in [-0.3, -0.25) is 0 Å². The average molecular weight is 194 g/mol. The van der Waals surface area contributed by atoms with E-state index in [0.717, 1.165) is 19.3 Å². The van der Waals surface area contributed by atoms with Crippen LogP contribution in [-0.2, 0) is 0 Å². The van der Waals surface area contributed by atoms with Crippen LogP contribution in [0.2, 0.25) is 0 Å². The van der Waals surface area contributed by atoms with Crippen LogP contribution in [0.3, 0.4) is 0 Å². The zero-order valence-corrected chi connectivity index (χ0v) is 9.26. The van der Waals surface area contributed by atoms with Gasteiger partial charge in [-0.25, -0.2) is 0 Å². The van der Waals surface area contributed by atoms with E-state index in [1.165, 1.54) is 32.1 Å². The molecule has 80 valence electrons. The van der Waals surface area contributed by atoms with Crippen molar-refractivity contribution in [1.82, 2.24) is 0 Å². The Morgan fingerprint density at radius 2 is 2.00 bits per heavy atom. The highest BCUT2D eigenvalue weighted by atomic mass is 16.3. The lowest BCUT2D eigenvalue weighted by Gasteiger charge is -2.22. The van der Waals surface area contributed by atoms with Crippen LogP contribution in [-0.4, -0.2) is 11.2 Å². The molecule has 1 nitrogen and oxygen atoms in total. The summed E-state index contributed by atoms with van der Waals surface area (Å²) in [6.07, 6.45) is 9.08. The molecular weight excluding hydrogens is 172 g/mol. The Hall–Kier alpha value is -0.480. The molecule has 1 heteroatoms. The van der Waals surface area contributed by atoms with Crippen LogP contribution in [0.25, 0.3) is 0 Å². The third kappa shape index (κ3) is 4.15. The van der Waals surface area contributed by atoms with Gasteiger partial charge in [0.1, 0.15) is 0 Å². The molecule has 0 saturated heterocycles. The highest BCUT2D eigenvalue weighted by Gasteiger charge is 2.20. The van der Waals surface area contributed by atoms with E-state index in [0.29, 0.717) is 0 Å². The van der Waals surface area contributed by atoms with Crippen molar-refractivity contribution in [2.24, 2.45) is 5.92 Å². The molecule has 1 N–H and O–H groups in total. The van der Waals surface area contributed by atoms with Gasteiger partial charge in [0.2, 0.25) is 0 Å². The predicted molar refractivity (Wildman–Crippen MR) is 59.9 cm³/mol. The molecule has 0 bridgehead atoms. The Labute approximate surface area is 87.9 Å². The Bertz CT molecular complexity index is 199. The van der Waals surface area contributed by atoms with Crippen molar-refractivity contribution in [3.05, 3.63) is 0 Å². The number of rotatable bonds is 3. The fourth-order valence-electron chi connectivity index (χ4n) is 1.95. The van der Waals surface area contributed by atoms with Gasteiger partial charge < -0.3 is 5.11 Å². The van der Waals surface area contributed by atoms with Gasteiger partial charge >= 0.3 is 0 Å². The molecule has 0 aliphatic heterocycles. The molecule has 1 aliphatic carbocycles. The van der Waals surface area contributed by atoms with Gasteiger partial charge in [-0.15, -0.1) is 5.92 Å². The van der Waals surface area contributed by atoms with Crippen LogP contribution >= 0.6 is 0 Å². The van der Waals surface area contributed by atoms with E-state index >= 15 is 0 Å². The molecule has 0 amide bonds. The summed E-state index contributed by atoms with van der Waals surface area (Å²) >= 11 is 0. The maximum Gasteiger partial charge on any atom is 0.0677 e.